The zero-order valence-corrected chi connectivity index (χ0v) is 24.2. The van der Waals surface area contributed by atoms with Gasteiger partial charge in [-0.2, -0.15) is 0 Å². The predicted octanol–water partition coefficient (Wildman–Crippen LogP) is -7.76. The Balaban J connectivity index is 1.59. The van der Waals surface area contributed by atoms with Crippen LogP contribution in [0.15, 0.2) is 4.99 Å². The van der Waals surface area contributed by atoms with E-state index >= 15 is 0 Å². The molecule has 15 N–H and O–H groups in total. The lowest BCUT2D eigenvalue weighted by molar-refractivity contribution is -0.434. The molecule has 4 aliphatic heterocycles. The van der Waals surface area contributed by atoms with Crippen LogP contribution in [0.1, 0.15) is 6.92 Å². The number of fused-ring (bicyclic) bond motifs is 1. The molecular weight excluding hydrogens is 623 g/mol. The van der Waals surface area contributed by atoms with E-state index in [9.17, 15) is 45.1 Å². The number of phosphoric ester groups is 1. The monoisotopic (exact) mass is 660 g/mol. The maximum Gasteiger partial charge on any atom is 0.483 e. The highest BCUT2D eigenvalue weighted by atomic mass is 31.2. The number of hydrogen-bond donors (Lipinski definition) is 12. The quantitative estimate of drug-likeness (QED) is 0.0340. The van der Waals surface area contributed by atoms with Crippen molar-refractivity contribution in [2.24, 2.45) is 22.2 Å². The Morgan fingerprint density at radius 2 is 1.75 bits per heavy atom. The highest BCUT2D eigenvalue weighted by Gasteiger charge is 2.92. The highest BCUT2D eigenvalue weighted by Crippen LogP contribution is 2.79. The van der Waals surface area contributed by atoms with Gasteiger partial charge in [0.1, 0.15) is 36.6 Å². The number of aliphatic hydroxyl groups is 7. The van der Waals surface area contributed by atoms with Crippen LogP contribution >= 0.6 is 7.82 Å². The molecule has 2 bridgehead atoms. The molecule has 1 saturated carbocycles. The van der Waals surface area contributed by atoms with Crippen molar-refractivity contribution in [1.29, 1.82) is 0 Å². The summed E-state index contributed by atoms with van der Waals surface area (Å²) in [6.45, 7) is 0.0399. The second kappa shape index (κ2) is 11.3. The first-order valence-electron chi connectivity index (χ1n) is 13.4. The molecule has 1 unspecified atom stereocenters. The smallest absolute Gasteiger partial charge is 0.394 e. The molecule has 44 heavy (non-hydrogen) atoms. The number of aldehydes is 1. The normalized spacial score (nSPS) is 54.8. The van der Waals surface area contributed by atoms with Gasteiger partial charge >= 0.3 is 7.82 Å². The molecule has 0 aromatic rings. The number of hydrogen-bond acceptors (Lipinski definition) is 20. The van der Waals surface area contributed by atoms with Crippen molar-refractivity contribution in [1.82, 2.24) is 10.6 Å². The third-order valence-electron chi connectivity index (χ3n) is 8.47. The maximum atomic E-state index is 13.5. The fourth-order valence-corrected chi connectivity index (χ4v) is 8.13. The molecule has 4 heterocycles. The molecule has 1 aliphatic carbocycles. The van der Waals surface area contributed by atoms with Crippen molar-refractivity contribution in [2.75, 3.05) is 20.3 Å². The van der Waals surface area contributed by atoms with Crippen LogP contribution in [0, 0.1) is 0 Å². The van der Waals surface area contributed by atoms with Gasteiger partial charge in [0.05, 0.1) is 24.8 Å². The summed E-state index contributed by atoms with van der Waals surface area (Å²) in [5.74, 6) is -6.91. The standard InChI is InChI=1S/C21H37N6O16P/c1-6-18(34,4-29)14(39-15-8(25-2)10(31)9(30)7(3-28)38-15)16(37-6)40-20-13(33)11(32)12(26-5-22)19(35)21(20,27-17(23)24)43-44(36,41-19)42-20/h4,6-16,25-26,28,30-35H,3,5,22H2,1-2H3,(H4,23,24,27)/t6-,7-,8-,9-,10-,11-,12+,13+,14-,15-,16-,18+,19+,20+,21-,44?/m0/s1. The topological polar surface area (TPSA) is 355 Å². The summed E-state index contributed by atoms with van der Waals surface area (Å²) >= 11 is 0. The summed E-state index contributed by atoms with van der Waals surface area (Å²) in [5, 5.41) is 81.2. The minimum absolute atomic E-state index is 0.0498. The van der Waals surface area contributed by atoms with Gasteiger partial charge in [0.2, 0.25) is 0 Å². The van der Waals surface area contributed by atoms with Crippen molar-refractivity contribution in [3.63, 3.8) is 0 Å². The minimum atomic E-state index is -4.94. The van der Waals surface area contributed by atoms with Crippen LogP contribution in [0.2, 0.25) is 0 Å². The molecule has 0 aromatic heterocycles. The number of likely N-dealkylation sites (N-methyl/N-ethyl adjacent to an activating group) is 1. The number of guanidine groups is 1. The number of phosphoric acid groups is 1. The van der Waals surface area contributed by atoms with E-state index in [-0.39, 0.29) is 6.29 Å². The Morgan fingerprint density at radius 3 is 2.32 bits per heavy atom. The molecule has 5 fully saturated rings. The van der Waals surface area contributed by atoms with E-state index in [1.807, 2.05) is 0 Å². The lowest BCUT2D eigenvalue weighted by Gasteiger charge is -2.57. The number of rotatable bonds is 10. The van der Waals surface area contributed by atoms with Gasteiger partial charge in [-0.1, -0.05) is 0 Å². The molecular formula is C21H37N6O16P. The number of nitrogens with one attached hydrogen (secondary N) is 2. The maximum absolute atomic E-state index is 13.5. The van der Waals surface area contributed by atoms with E-state index in [0.29, 0.717) is 0 Å². The van der Waals surface area contributed by atoms with Crippen LogP contribution < -0.4 is 27.8 Å². The van der Waals surface area contributed by atoms with E-state index in [4.69, 9.17) is 49.7 Å². The van der Waals surface area contributed by atoms with E-state index in [2.05, 4.69) is 15.6 Å². The average molecular weight is 661 g/mol. The van der Waals surface area contributed by atoms with E-state index in [0.717, 1.165) is 0 Å². The van der Waals surface area contributed by atoms with E-state index in [1.165, 1.54) is 14.0 Å². The molecule has 16 atom stereocenters. The Labute approximate surface area is 248 Å². The van der Waals surface area contributed by atoms with E-state index in [1.54, 1.807) is 0 Å². The molecule has 252 valence electrons. The summed E-state index contributed by atoms with van der Waals surface area (Å²) in [6.07, 6.45) is -16.0. The van der Waals surface area contributed by atoms with Gasteiger partial charge in [0.25, 0.3) is 17.3 Å². The number of aliphatic hydroxyl groups excluding tert-OH is 5. The Bertz CT molecular complexity index is 1200. The molecule has 5 aliphatic rings. The average Bonchev–Trinajstić information content (AvgIpc) is 3.45. The first-order valence-corrected chi connectivity index (χ1v) is 14.8. The summed E-state index contributed by atoms with van der Waals surface area (Å²) in [4.78, 5) is 16.1. The van der Waals surface area contributed by atoms with Crippen LogP contribution in [-0.4, -0.2) is 159 Å². The predicted molar refractivity (Wildman–Crippen MR) is 137 cm³/mol. The second-order valence-corrected chi connectivity index (χ2v) is 12.4. The summed E-state index contributed by atoms with van der Waals surface area (Å²) in [6, 6.07) is -3.01. The number of nitrogens with zero attached hydrogens (tertiary/aromatic N) is 1. The number of nitrogens with two attached hydrogens (primary N) is 3. The molecule has 23 heteroatoms. The number of carbonyl (C=O) groups excluding carboxylic acids is 1. The fourth-order valence-electron chi connectivity index (χ4n) is 6.21. The van der Waals surface area contributed by atoms with Crippen molar-refractivity contribution in [3.8, 4) is 0 Å². The van der Waals surface area contributed by atoms with Gasteiger partial charge in [0.15, 0.2) is 30.4 Å². The number of ether oxygens (including phenoxy) is 4. The third kappa shape index (κ3) is 4.50. The zero-order valence-electron chi connectivity index (χ0n) is 23.3. The van der Waals surface area contributed by atoms with Gasteiger partial charge in [-0.25, -0.2) is 23.1 Å². The minimum Gasteiger partial charge on any atom is -0.394 e. The molecule has 22 nitrogen and oxygen atoms in total. The third-order valence-corrected chi connectivity index (χ3v) is 9.95. The van der Waals surface area contributed by atoms with Gasteiger partial charge < -0.3 is 77.2 Å². The molecule has 4 saturated heterocycles. The van der Waals surface area contributed by atoms with Gasteiger partial charge in [-0.3, -0.25) is 10.1 Å². The molecule has 5 rings (SSSR count). The van der Waals surface area contributed by atoms with Crippen molar-refractivity contribution >= 4 is 20.1 Å². The summed E-state index contributed by atoms with van der Waals surface area (Å²) in [7, 11) is -3.57. The highest BCUT2D eigenvalue weighted by molar-refractivity contribution is 7.49. The molecule has 0 spiro atoms. The van der Waals surface area contributed by atoms with Crippen LogP contribution in [-0.2, 0) is 41.9 Å². The summed E-state index contributed by atoms with van der Waals surface area (Å²) in [5.41, 5.74) is 11.2. The second-order valence-electron chi connectivity index (χ2n) is 10.9. The van der Waals surface area contributed by atoms with Crippen LogP contribution in [0.5, 0.6) is 0 Å². The van der Waals surface area contributed by atoms with Crippen molar-refractivity contribution in [2.45, 2.75) is 97.2 Å². The SMILES string of the molecule is CN[C@@H]1[C@H](O[C@H]2[C@H](O[C@]34OP5(=O)O[C@@]3(N=C(N)N)[C@](O)(O5)[C@H](NCN)[C@H](O)[C@H]4O)O[C@@H](C)[C@]2(O)C=O)O[C@@H](CO)[C@H](O)[C@H]1O. The Kier molecular flexibility index (Phi) is 8.71. The van der Waals surface area contributed by atoms with Crippen molar-refractivity contribution in [3.05, 3.63) is 0 Å². The van der Waals surface area contributed by atoms with Gasteiger partial charge in [-0.15, -0.1) is 0 Å². The van der Waals surface area contributed by atoms with Gasteiger partial charge in [-0.05, 0) is 14.0 Å². The van der Waals surface area contributed by atoms with Crippen LogP contribution in [0.25, 0.3) is 0 Å². The van der Waals surface area contributed by atoms with Gasteiger partial charge in [0, 0.05) is 6.67 Å². The summed E-state index contributed by atoms with van der Waals surface area (Å²) < 4.78 is 52.6. The van der Waals surface area contributed by atoms with Crippen LogP contribution in [0.3, 0.4) is 0 Å². The largest absolute Gasteiger partial charge is 0.483 e. The zero-order chi connectivity index (χ0) is 32.6. The first kappa shape index (κ1) is 33.8. The lowest BCUT2D eigenvalue weighted by atomic mass is 9.73. The fraction of sp³-hybridized carbons (Fsp3) is 0.905. The first-order chi connectivity index (χ1) is 20.5. The number of carbonyl (C=O) groups is 1. The molecule has 0 aromatic carbocycles. The Hall–Kier alpha value is -1.51. The van der Waals surface area contributed by atoms with Crippen molar-refractivity contribution < 1.29 is 77.6 Å². The Morgan fingerprint density at radius 1 is 1.07 bits per heavy atom. The molecule has 0 radical (unpaired) electrons. The molecule has 0 amide bonds. The lowest BCUT2D eigenvalue weighted by Crippen LogP contribution is -2.85. The number of aliphatic imine (C=N–C) groups is 1. The van der Waals surface area contributed by atoms with E-state index < -0.39 is 117 Å². The van der Waals surface area contributed by atoms with Crippen LogP contribution in [0.4, 0.5) is 0 Å².